The molecule has 1 rings (SSSR count). The molecule has 2 nitrogen and oxygen atoms in total. The Morgan fingerprint density at radius 3 is 2.44 bits per heavy atom. The van der Waals surface area contributed by atoms with Crippen molar-refractivity contribution in [2.45, 2.75) is 32.9 Å². The summed E-state index contributed by atoms with van der Waals surface area (Å²) in [5, 5.41) is 0. The molecule has 0 heterocycles. The lowest BCUT2D eigenvalue weighted by molar-refractivity contribution is 0.213. The van der Waals surface area contributed by atoms with Crippen LogP contribution in [0.4, 0.5) is 4.39 Å². The normalized spacial score (nSPS) is 11.6. The predicted octanol–water partition coefficient (Wildman–Crippen LogP) is 2.71. The number of halogens is 1. The lowest BCUT2D eigenvalue weighted by atomic mass is 9.92. The second kappa shape index (κ2) is 4.83. The number of hydrogen-bond donors (Lipinski definition) is 1. The van der Waals surface area contributed by atoms with Crippen LogP contribution in [-0.2, 0) is 12.1 Å². The van der Waals surface area contributed by atoms with Crippen molar-refractivity contribution in [3.05, 3.63) is 28.8 Å². The molecule has 0 unspecified atom stereocenters. The van der Waals surface area contributed by atoms with Crippen LogP contribution in [0.5, 0.6) is 5.75 Å². The van der Waals surface area contributed by atoms with Crippen LogP contribution in [0.15, 0.2) is 12.1 Å². The molecule has 2 N–H and O–H groups in total. The monoisotopic (exact) mass is 225 g/mol. The molecule has 0 aliphatic heterocycles. The van der Waals surface area contributed by atoms with Gasteiger partial charge in [0.15, 0.2) is 0 Å². The minimum Gasteiger partial charge on any atom is -0.496 e. The van der Waals surface area contributed by atoms with Crippen LogP contribution in [-0.4, -0.2) is 13.7 Å². The molecule has 0 saturated heterocycles. The van der Waals surface area contributed by atoms with Gasteiger partial charge in [0, 0.05) is 5.56 Å². The molecule has 0 aliphatic carbocycles. The Labute approximate surface area is 96.6 Å². The van der Waals surface area contributed by atoms with Crippen molar-refractivity contribution in [2.24, 2.45) is 5.73 Å². The predicted molar refractivity (Wildman–Crippen MR) is 64.6 cm³/mol. The molecule has 1 aromatic rings. The van der Waals surface area contributed by atoms with Crippen LogP contribution in [0, 0.1) is 6.92 Å². The number of rotatable bonds is 4. The third kappa shape index (κ3) is 2.53. The molecule has 1 aromatic carbocycles. The molecular weight excluding hydrogens is 205 g/mol. The molecule has 0 amide bonds. The molecule has 0 spiro atoms. The van der Waals surface area contributed by atoms with Crippen LogP contribution < -0.4 is 10.5 Å². The summed E-state index contributed by atoms with van der Waals surface area (Å²) in [5.74, 6) is 0.637. The van der Waals surface area contributed by atoms with E-state index in [1.807, 2.05) is 13.0 Å². The number of aryl methyl sites for hydroxylation is 1. The second-order valence-corrected chi connectivity index (χ2v) is 4.45. The van der Waals surface area contributed by atoms with Crippen LogP contribution >= 0.6 is 0 Å². The van der Waals surface area contributed by atoms with E-state index < -0.39 is 5.67 Å². The first-order valence-electron chi connectivity index (χ1n) is 5.47. The number of methoxy groups -OCH3 is 1. The highest BCUT2D eigenvalue weighted by molar-refractivity contribution is 5.48. The highest BCUT2D eigenvalue weighted by Crippen LogP contribution is 2.36. The summed E-state index contributed by atoms with van der Waals surface area (Å²) in [4.78, 5) is 0. The van der Waals surface area contributed by atoms with Gasteiger partial charge in [-0.05, 0) is 44.9 Å². The zero-order chi connectivity index (χ0) is 12.3. The van der Waals surface area contributed by atoms with Crippen molar-refractivity contribution in [1.82, 2.24) is 0 Å². The standard InChI is InChI=1S/C13H20FNO/c1-9-5-6-11(13(2,3)14)12(16-4)10(9)7-8-15/h5-6H,7-8,15H2,1-4H3. The van der Waals surface area contributed by atoms with Crippen molar-refractivity contribution in [1.29, 1.82) is 0 Å². The van der Waals surface area contributed by atoms with E-state index >= 15 is 0 Å². The molecule has 0 fully saturated rings. The molecule has 0 aliphatic rings. The summed E-state index contributed by atoms with van der Waals surface area (Å²) in [7, 11) is 1.57. The van der Waals surface area contributed by atoms with E-state index in [1.165, 1.54) is 13.8 Å². The van der Waals surface area contributed by atoms with Crippen LogP contribution in [0.3, 0.4) is 0 Å². The maximum Gasteiger partial charge on any atom is 0.134 e. The average Bonchev–Trinajstić information content (AvgIpc) is 2.19. The molecule has 0 atom stereocenters. The Morgan fingerprint density at radius 1 is 1.38 bits per heavy atom. The van der Waals surface area contributed by atoms with Crippen molar-refractivity contribution < 1.29 is 9.13 Å². The van der Waals surface area contributed by atoms with Crippen LogP contribution in [0.1, 0.15) is 30.5 Å². The first-order chi connectivity index (χ1) is 7.41. The van der Waals surface area contributed by atoms with E-state index in [4.69, 9.17) is 10.5 Å². The molecule has 3 heteroatoms. The largest absolute Gasteiger partial charge is 0.496 e. The summed E-state index contributed by atoms with van der Waals surface area (Å²) in [6.07, 6.45) is 0.707. The van der Waals surface area contributed by atoms with Gasteiger partial charge in [-0.2, -0.15) is 0 Å². The first-order valence-corrected chi connectivity index (χ1v) is 5.47. The maximum absolute atomic E-state index is 14.0. The van der Waals surface area contributed by atoms with Gasteiger partial charge in [-0.15, -0.1) is 0 Å². The molecular formula is C13H20FNO. The smallest absolute Gasteiger partial charge is 0.134 e. The van der Waals surface area contributed by atoms with Gasteiger partial charge < -0.3 is 10.5 Å². The summed E-state index contributed by atoms with van der Waals surface area (Å²) in [5.41, 5.74) is 6.85. The molecule has 0 aromatic heterocycles. The van der Waals surface area contributed by atoms with E-state index in [1.54, 1.807) is 13.2 Å². The summed E-state index contributed by atoms with van der Waals surface area (Å²) in [6.45, 7) is 5.59. The summed E-state index contributed by atoms with van der Waals surface area (Å²) < 4.78 is 19.4. The van der Waals surface area contributed by atoms with Gasteiger partial charge in [0.2, 0.25) is 0 Å². The lowest BCUT2D eigenvalue weighted by Gasteiger charge is -2.22. The van der Waals surface area contributed by atoms with E-state index in [9.17, 15) is 4.39 Å². The average molecular weight is 225 g/mol. The Hall–Kier alpha value is -1.09. The van der Waals surface area contributed by atoms with Crippen molar-refractivity contribution in [2.75, 3.05) is 13.7 Å². The van der Waals surface area contributed by atoms with Crippen molar-refractivity contribution in [3.8, 4) is 5.75 Å². The highest BCUT2D eigenvalue weighted by atomic mass is 19.1. The number of nitrogens with two attached hydrogens (primary N) is 1. The van der Waals surface area contributed by atoms with Crippen LogP contribution in [0.25, 0.3) is 0 Å². The third-order valence-electron chi connectivity index (χ3n) is 2.73. The van der Waals surface area contributed by atoms with Gasteiger partial charge in [0.1, 0.15) is 11.4 Å². The second-order valence-electron chi connectivity index (χ2n) is 4.45. The quantitative estimate of drug-likeness (QED) is 0.855. The van der Waals surface area contributed by atoms with Gasteiger partial charge in [-0.25, -0.2) is 4.39 Å². The zero-order valence-electron chi connectivity index (χ0n) is 10.4. The van der Waals surface area contributed by atoms with Gasteiger partial charge in [-0.3, -0.25) is 0 Å². The van der Waals surface area contributed by atoms with Gasteiger partial charge >= 0.3 is 0 Å². The topological polar surface area (TPSA) is 35.2 Å². The Kier molecular flexibility index (Phi) is 3.92. The number of alkyl halides is 1. The number of benzene rings is 1. The van der Waals surface area contributed by atoms with Crippen LogP contribution in [0.2, 0.25) is 0 Å². The minimum atomic E-state index is -1.40. The summed E-state index contributed by atoms with van der Waals surface area (Å²) in [6, 6.07) is 3.71. The molecule has 0 radical (unpaired) electrons. The SMILES string of the molecule is COc1c(C(C)(C)F)ccc(C)c1CCN. The van der Waals surface area contributed by atoms with Gasteiger partial charge in [-0.1, -0.05) is 12.1 Å². The lowest BCUT2D eigenvalue weighted by Crippen LogP contribution is -2.14. The summed E-state index contributed by atoms with van der Waals surface area (Å²) >= 11 is 0. The van der Waals surface area contributed by atoms with Crippen molar-refractivity contribution in [3.63, 3.8) is 0 Å². The fraction of sp³-hybridized carbons (Fsp3) is 0.538. The fourth-order valence-electron chi connectivity index (χ4n) is 1.88. The molecule has 0 saturated carbocycles. The fourth-order valence-corrected chi connectivity index (χ4v) is 1.88. The van der Waals surface area contributed by atoms with E-state index in [0.717, 1.165) is 11.1 Å². The van der Waals surface area contributed by atoms with E-state index in [2.05, 4.69) is 0 Å². The first kappa shape index (κ1) is 13.0. The zero-order valence-corrected chi connectivity index (χ0v) is 10.4. The molecule has 90 valence electrons. The molecule has 16 heavy (non-hydrogen) atoms. The van der Waals surface area contributed by atoms with Gasteiger partial charge in [0.05, 0.1) is 7.11 Å². The molecule has 0 bridgehead atoms. The maximum atomic E-state index is 14.0. The highest BCUT2D eigenvalue weighted by Gasteiger charge is 2.25. The Balaban J connectivity index is 3.37. The van der Waals surface area contributed by atoms with E-state index in [-0.39, 0.29) is 0 Å². The Bertz CT molecular complexity index is 369. The minimum absolute atomic E-state index is 0.535. The Morgan fingerprint density at radius 2 is 2.00 bits per heavy atom. The third-order valence-corrected chi connectivity index (χ3v) is 2.73. The van der Waals surface area contributed by atoms with Crippen molar-refractivity contribution >= 4 is 0 Å². The number of ether oxygens (including phenoxy) is 1. The van der Waals surface area contributed by atoms with Gasteiger partial charge in [0.25, 0.3) is 0 Å². The van der Waals surface area contributed by atoms with E-state index in [0.29, 0.717) is 24.3 Å². The number of hydrogen-bond acceptors (Lipinski definition) is 2.